The molecule has 0 unspecified atom stereocenters. The molecule has 0 aliphatic heterocycles. The first-order valence-corrected chi connectivity index (χ1v) is 8.78. The molecule has 6 heteroatoms. The topological polar surface area (TPSA) is 64.7 Å². The highest BCUT2D eigenvalue weighted by molar-refractivity contribution is 5.94. The third-order valence-electron chi connectivity index (χ3n) is 4.23. The van der Waals surface area contributed by atoms with Crippen molar-refractivity contribution >= 4 is 5.91 Å². The predicted octanol–water partition coefficient (Wildman–Crippen LogP) is 3.03. The van der Waals surface area contributed by atoms with Gasteiger partial charge in [-0.05, 0) is 48.5 Å². The summed E-state index contributed by atoms with van der Waals surface area (Å²) in [5.74, 6) is -0.0930. The molecule has 1 N–H and O–H groups in total. The Balaban J connectivity index is 1.31. The van der Waals surface area contributed by atoms with Gasteiger partial charge in [0.2, 0.25) is 0 Å². The molecule has 0 saturated carbocycles. The van der Waals surface area contributed by atoms with E-state index in [1.54, 1.807) is 23.0 Å². The van der Waals surface area contributed by atoms with Gasteiger partial charge in [-0.2, -0.15) is 10.2 Å². The zero-order valence-electron chi connectivity index (χ0n) is 14.7. The Morgan fingerprint density at radius 1 is 0.852 bits per heavy atom. The van der Waals surface area contributed by atoms with E-state index < -0.39 is 0 Å². The smallest absolute Gasteiger partial charge is 0.251 e. The Hall–Kier alpha value is -3.67. The van der Waals surface area contributed by atoms with Gasteiger partial charge in [0, 0.05) is 37.1 Å². The van der Waals surface area contributed by atoms with E-state index in [0.717, 1.165) is 17.1 Å². The predicted molar refractivity (Wildman–Crippen MR) is 103 cm³/mol. The van der Waals surface area contributed by atoms with Crippen molar-refractivity contribution in [3.63, 3.8) is 0 Å². The molecule has 0 atom stereocenters. The molecule has 0 aliphatic carbocycles. The summed E-state index contributed by atoms with van der Waals surface area (Å²) >= 11 is 0. The molecule has 4 aromatic rings. The lowest BCUT2D eigenvalue weighted by molar-refractivity contribution is 0.0954. The molecule has 6 nitrogen and oxygen atoms in total. The fourth-order valence-electron chi connectivity index (χ4n) is 2.81. The largest absolute Gasteiger partial charge is 0.352 e. The van der Waals surface area contributed by atoms with E-state index in [1.807, 2.05) is 71.7 Å². The number of nitrogens with one attached hydrogen (secondary N) is 1. The summed E-state index contributed by atoms with van der Waals surface area (Å²) < 4.78 is 3.59. The van der Waals surface area contributed by atoms with Crippen molar-refractivity contribution in [3.05, 3.63) is 96.6 Å². The summed E-state index contributed by atoms with van der Waals surface area (Å²) in [4.78, 5) is 12.3. The van der Waals surface area contributed by atoms with Crippen molar-refractivity contribution in [3.8, 4) is 11.4 Å². The molecule has 134 valence electrons. The Kier molecular flexibility index (Phi) is 4.78. The van der Waals surface area contributed by atoms with E-state index in [2.05, 4.69) is 15.5 Å². The molecule has 0 bridgehead atoms. The lowest BCUT2D eigenvalue weighted by atomic mass is 10.2. The molecular formula is C21H19N5O. The Morgan fingerprint density at radius 2 is 1.63 bits per heavy atom. The van der Waals surface area contributed by atoms with Crippen LogP contribution in [-0.2, 0) is 6.42 Å². The highest BCUT2D eigenvalue weighted by Gasteiger charge is 2.07. The van der Waals surface area contributed by atoms with Gasteiger partial charge >= 0.3 is 0 Å². The molecule has 2 aromatic heterocycles. The first-order chi connectivity index (χ1) is 13.3. The Bertz CT molecular complexity index is 1000. The van der Waals surface area contributed by atoms with E-state index in [-0.39, 0.29) is 5.91 Å². The molecule has 2 aromatic carbocycles. The van der Waals surface area contributed by atoms with Crippen LogP contribution in [0.1, 0.15) is 16.1 Å². The third-order valence-corrected chi connectivity index (χ3v) is 4.23. The number of carbonyl (C=O) groups excluding carboxylic acids is 1. The van der Waals surface area contributed by atoms with E-state index >= 15 is 0 Å². The van der Waals surface area contributed by atoms with Gasteiger partial charge in [0.1, 0.15) is 0 Å². The highest BCUT2D eigenvalue weighted by Crippen LogP contribution is 2.09. The van der Waals surface area contributed by atoms with Crippen LogP contribution in [-0.4, -0.2) is 32.0 Å². The van der Waals surface area contributed by atoms with Gasteiger partial charge in [-0.15, -0.1) is 0 Å². The van der Waals surface area contributed by atoms with E-state index in [1.165, 1.54) is 0 Å². The van der Waals surface area contributed by atoms with Gasteiger partial charge in [0.15, 0.2) is 0 Å². The first kappa shape index (κ1) is 16.8. The van der Waals surface area contributed by atoms with E-state index in [9.17, 15) is 4.79 Å². The highest BCUT2D eigenvalue weighted by atomic mass is 16.1. The normalized spacial score (nSPS) is 10.7. The summed E-state index contributed by atoms with van der Waals surface area (Å²) in [7, 11) is 0. The fraction of sp³-hybridized carbons (Fsp3) is 0.0952. The number of benzene rings is 2. The molecule has 27 heavy (non-hydrogen) atoms. The number of hydrogen-bond donors (Lipinski definition) is 1. The summed E-state index contributed by atoms with van der Waals surface area (Å²) in [6.45, 7) is 0.533. The minimum Gasteiger partial charge on any atom is -0.352 e. The van der Waals surface area contributed by atoms with Crippen LogP contribution in [0.2, 0.25) is 0 Å². The van der Waals surface area contributed by atoms with Crippen LogP contribution < -0.4 is 5.32 Å². The van der Waals surface area contributed by atoms with E-state index in [0.29, 0.717) is 18.5 Å². The zero-order chi connectivity index (χ0) is 18.5. The van der Waals surface area contributed by atoms with Gasteiger partial charge < -0.3 is 5.32 Å². The number of amides is 1. The molecular weight excluding hydrogens is 338 g/mol. The lowest BCUT2D eigenvalue weighted by Crippen LogP contribution is -2.25. The summed E-state index contributed by atoms with van der Waals surface area (Å²) in [6.07, 6.45) is 6.20. The first-order valence-electron chi connectivity index (χ1n) is 8.78. The van der Waals surface area contributed by atoms with Crippen molar-refractivity contribution < 1.29 is 4.79 Å². The van der Waals surface area contributed by atoms with Gasteiger partial charge in [-0.3, -0.25) is 4.79 Å². The van der Waals surface area contributed by atoms with Crippen LogP contribution in [0.5, 0.6) is 0 Å². The van der Waals surface area contributed by atoms with Gasteiger partial charge in [-0.25, -0.2) is 9.36 Å². The Labute approximate surface area is 157 Å². The SMILES string of the molecule is O=C(NCCc1ccn(-c2ccccc2)n1)c1ccc(-n2cccn2)cc1. The lowest BCUT2D eigenvalue weighted by Gasteiger charge is -2.06. The number of para-hydroxylation sites is 1. The minimum absolute atomic E-state index is 0.0930. The quantitative estimate of drug-likeness (QED) is 0.577. The van der Waals surface area contributed by atoms with Gasteiger partial charge in [0.05, 0.1) is 17.1 Å². The second-order valence-electron chi connectivity index (χ2n) is 6.09. The van der Waals surface area contributed by atoms with Crippen molar-refractivity contribution in [2.45, 2.75) is 6.42 Å². The number of rotatable bonds is 6. The maximum atomic E-state index is 12.3. The average Bonchev–Trinajstić information content (AvgIpc) is 3.41. The minimum atomic E-state index is -0.0930. The van der Waals surface area contributed by atoms with Gasteiger partial charge in [-0.1, -0.05) is 18.2 Å². The van der Waals surface area contributed by atoms with Crippen LogP contribution in [0, 0.1) is 0 Å². The molecule has 0 spiro atoms. The number of carbonyl (C=O) groups is 1. The molecule has 4 rings (SSSR count). The molecule has 0 aliphatic rings. The number of hydrogen-bond acceptors (Lipinski definition) is 3. The molecule has 0 radical (unpaired) electrons. The summed E-state index contributed by atoms with van der Waals surface area (Å²) in [5, 5.41) is 11.7. The van der Waals surface area contributed by atoms with Gasteiger partial charge in [0.25, 0.3) is 5.91 Å². The van der Waals surface area contributed by atoms with Crippen LogP contribution >= 0.6 is 0 Å². The Morgan fingerprint density at radius 3 is 2.37 bits per heavy atom. The van der Waals surface area contributed by atoms with Crippen LogP contribution in [0.15, 0.2) is 85.3 Å². The summed E-state index contributed by atoms with van der Waals surface area (Å²) in [6, 6.07) is 21.1. The maximum absolute atomic E-state index is 12.3. The van der Waals surface area contributed by atoms with Crippen molar-refractivity contribution in [2.24, 2.45) is 0 Å². The maximum Gasteiger partial charge on any atom is 0.251 e. The van der Waals surface area contributed by atoms with Crippen molar-refractivity contribution in [1.82, 2.24) is 24.9 Å². The standard InChI is InChI=1S/C21H19N5O/c27-21(17-7-9-20(10-8-17)25-15-4-13-23-25)22-14-11-18-12-16-26(24-18)19-5-2-1-3-6-19/h1-10,12-13,15-16H,11,14H2,(H,22,27). The average molecular weight is 357 g/mol. The van der Waals surface area contributed by atoms with Crippen LogP contribution in [0.4, 0.5) is 0 Å². The molecule has 2 heterocycles. The zero-order valence-corrected chi connectivity index (χ0v) is 14.7. The van der Waals surface area contributed by atoms with Crippen LogP contribution in [0.25, 0.3) is 11.4 Å². The fourth-order valence-corrected chi connectivity index (χ4v) is 2.81. The monoisotopic (exact) mass is 357 g/mol. The molecule has 1 amide bonds. The molecule has 0 fully saturated rings. The number of aromatic nitrogens is 4. The van der Waals surface area contributed by atoms with E-state index in [4.69, 9.17) is 0 Å². The second kappa shape index (κ2) is 7.70. The molecule has 0 saturated heterocycles. The van der Waals surface area contributed by atoms with Crippen molar-refractivity contribution in [2.75, 3.05) is 6.54 Å². The number of nitrogens with zero attached hydrogens (tertiary/aromatic N) is 4. The third kappa shape index (κ3) is 3.95. The summed E-state index contributed by atoms with van der Waals surface area (Å²) in [5.41, 5.74) is 3.50. The second-order valence-corrected chi connectivity index (χ2v) is 6.09. The van der Waals surface area contributed by atoms with Crippen molar-refractivity contribution in [1.29, 1.82) is 0 Å². The van der Waals surface area contributed by atoms with Crippen LogP contribution in [0.3, 0.4) is 0 Å².